The minimum Gasteiger partial charge on any atom is -0.462 e. The third kappa shape index (κ3) is 31.2. The summed E-state index contributed by atoms with van der Waals surface area (Å²) in [5, 5.41) is 50.2. The number of hydrogen-bond donors (Lipinski definition) is 6. The van der Waals surface area contributed by atoms with E-state index in [1.807, 2.05) is 18.2 Å². The van der Waals surface area contributed by atoms with Gasteiger partial charge in [-0.3, -0.25) is 18.6 Å². The molecule has 0 saturated heterocycles. The maximum absolute atomic E-state index is 12.8. The van der Waals surface area contributed by atoms with E-state index in [1.54, 1.807) is 0 Å². The van der Waals surface area contributed by atoms with Gasteiger partial charge in [0.15, 0.2) is 6.10 Å². The molecule has 1 fully saturated rings. The molecule has 0 aromatic heterocycles. The van der Waals surface area contributed by atoms with E-state index in [1.165, 1.54) is 70.6 Å². The molecular formula is C50H85O13P. The molecule has 0 aromatic carbocycles. The molecule has 368 valence electrons. The number of phosphoric acid groups is 1. The highest BCUT2D eigenvalue weighted by Gasteiger charge is 2.51. The molecular weight excluding hydrogens is 840 g/mol. The Labute approximate surface area is 385 Å². The maximum Gasteiger partial charge on any atom is 0.472 e. The Morgan fingerprint density at radius 2 is 0.891 bits per heavy atom. The van der Waals surface area contributed by atoms with Crippen molar-refractivity contribution in [2.24, 2.45) is 0 Å². The fraction of sp³-hybridized carbons (Fsp3) is 0.720. The van der Waals surface area contributed by atoms with Crippen LogP contribution < -0.4 is 0 Å². The van der Waals surface area contributed by atoms with Gasteiger partial charge in [-0.1, -0.05) is 183 Å². The Morgan fingerprint density at radius 1 is 0.500 bits per heavy atom. The van der Waals surface area contributed by atoms with Gasteiger partial charge in [0.1, 0.15) is 43.2 Å². The van der Waals surface area contributed by atoms with E-state index in [4.69, 9.17) is 18.5 Å². The number of aliphatic hydroxyl groups excluding tert-OH is 5. The van der Waals surface area contributed by atoms with Gasteiger partial charge in [-0.05, 0) is 51.4 Å². The van der Waals surface area contributed by atoms with Crippen molar-refractivity contribution in [2.45, 2.75) is 217 Å². The molecule has 6 N–H and O–H groups in total. The zero-order chi connectivity index (χ0) is 47.1. The molecule has 0 aliphatic heterocycles. The first-order chi connectivity index (χ1) is 30.9. The van der Waals surface area contributed by atoms with Crippen molar-refractivity contribution in [2.75, 3.05) is 13.2 Å². The Hall–Kier alpha value is -2.71. The van der Waals surface area contributed by atoms with Gasteiger partial charge >= 0.3 is 19.8 Å². The molecule has 0 aromatic rings. The lowest BCUT2D eigenvalue weighted by Gasteiger charge is -2.41. The molecule has 1 aliphatic carbocycles. The van der Waals surface area contributed by atoms with Crippen molar-refractivity contribution >= 4 is 19.8 Å². The van der Waals surface area contributed by atoms with Crippen LogP contribution in [0.1, 0.15) is 174 Å². The number of rotatable bonds is 39. The van der Waals surface area contributed by atoms with Crippen LogP contribution in [0.4, 0.5) is 0 Å². The molecule has 0 heterocycles. The molecule has 0 amide bonds. The summed E-state index contributed by atoms with van der Waals surface area (Å²) in [5.74, 6) is -1.20. The van der Waals surface area contributed by atoms with Crippen LogP contribution in [0, 0.1) is 0 Å². The number of ether oxygens (including phenoxy) is 2. The minimum atomic E-state index is -5.14. The summed E-state index contributed by atoms with van der Waals surface area (Å²) in [7, 11) is -5.14. The number of carbonyl (C=O) groups excluding carboxylic acids is 2. The van der Waals surface area contributed by atoms with Crippen LogP contribution in [-0.4, -0.2) is 98.3 Å². The lowest BCUT2D eigenvalue weighted by molar-refractivity contribution is -0.220. The summed E-state index contributed by atoms with van der Waals surface area (Å²) < 4.78 is 33.5. The van der Waals surface area contributed by atoms with Crippen molar-refractivity contribution in [3.8, 4) is 0 Å². The average Bonchev–Trinajstić information content (AvgIpc) is 3.28. The van der Waals surface area contributed by atoms with Gasteiger partial charge in [0.2, 0.25) is 0 Å². The van der Waals surface area contributed by atoms with E-state index in [2.05, 4.69) is 68.5 Å². The predicted molar refractivity (Wildman–Crippen MR) is 253 cm³/mol. The number of phosphoric ester groups is 1. The number of carbonyl (C=O) groups is 2. The van der Waals surface area contributed by atoms with Crippen molar-refractivity contribution in [1.29, 1.82) is 0 Å². The molecule has 1 rings (SSSR count). The quantitative estimate of drug-likeness (QED) is 0.0147. The third-order valence-electron chi connectivity index (χ3n) is 10.8. The lowest BCUT2D eigenvalue weighted by atomic mass is 9.85. The Balaban J connectivity index is 2.49. The second-order valence-corrected chi connectivity index (χ2v) is 18.0. The number of hydrogen-bond acceptors (Lipinski definition) is 12. The highest BCUT2D eigenvalue weighted by atomic mass is 31.2. The maximum atomic E-state index is 12.8. The SMILES string of the molecule is CC/C=C/C/C=C/C/C=C/C/C=C/C/C=C/C/C=C/CCC(=O)OC[C@@H](COP(=O)(O)OC1C(O)C(O)C(O)[C@H](O)C1O)OC(=O)CCCCCCCCCCCCCCCCCC. The average molecular weight is 925 g/mol. The van der Waals surface area contributed by atoms with Crippen LogP contribution in [0.5, 0.6) is 0 Å². The molecule has 6 unspecified atom stereocenters. The highest BCUT2D eigenvalue weighted by Crippen LogP contribution is 2.47. The minimum absolute atomic E-state index is 0.0401. The van der Waals surface area contributed by atoms with Crippen LogP contribution in [0.25, 0.3) is 0 Å². The molecule has 1 aliphatic rings. The molecule has 13 nitrogen and oxygen atoms in total. The van der Waals surface area contributed by atoms with Gasteiger partial charge in [-0.25, -0.2) is 4.57 Å². The summed E-state index contributed by atoms with van der Waals surface area (Å²) >= 11 is 0. The normalized spacial score (nSPS) is 22.2. The topological polar surface area (TPSA) is 210 Å². The van der Waals surface area contributed by atoms with Gasteiger partial charge in [0, 0.05) is 12.8 Å². The second-order valence-electron chi connectivity index (χ2n) is 16.6. The summed E-state index contributed by atoms with van der Waals surface area (Å²) in [6, 6.07) is 0. The van der Waals surface area contributed by atoms with Gasteiger partial charge in [0.05, 0.1) is 6.61 Å². The van der Waals surface area contributed by atoms with Gasteiger partial charge in [-0.2, -0.15) is 0 Å². The van der Waals surface area contributed by atoms with Crippen molar-refractivity contribution in [1.82, 2.24) is 0 Å². The van der Waals surface area contributed by atoms with Crippen molar-refractivity contribution in [3.05, 3.63) is 72.9 Å². The fourth-order valence-corrected chi connectivity index (χ4v) is 7.93. The van der Waals surface area contributed by atoms with E-state index >= 15 is 0 Å². The van der Waals surface area contributed by atoms with Gasteiger partial charge in [0.25, 0.3) is 0 Å². The smallest absolute Gasteiger partial charge is 0.462 e. The molecule has 8 atom stereocenters. The fourth-order valence-electron chi connectivity index (χ4n) is 6.96. The number of unbranched alkanes of at least 4 members (excludes halogenated alkanes) is 15. The zero-order valence-corrected chi connectivity index (χ0v) is 39.9. The van der Waals surface area contributed by atoms with Crippen molar-refractivity contribution < 1.29 is 63.1 Å². The first-order valence-corrected chi connectivity index (χ1v) is 25.7. The van der Waals surface area contributed by atoms with Crippen LogP contribution in [0.3, 0.4) is 0 Å². The molecule has 14 heteroatoms. The van der Waals surface area contributed by atoms with Crippen LogP contribution >= 0.6 is 7.82 Å². The largest absolute Gasteiger partial charge is 0.472 e. The van der Waals surface area contributed by atoms with Gasteiger partial charge in [-0.15, -0.1) is 0 Å². The number of esters is 2. The summed E-state index contributed by atoms with van der Waals surface area (Å²) in [6.45, 7) is 3.13. The van der Waals surface area contributed by atoms with E-state index in [0.29, 0.717) is 19.3 Å². The van der Waals surface area contributed by atoms with Crippen molar-refractivity contribution in [3.63, 3.8) is 0 Å². The molecule has 64 heavy (non-hydrogen) atoms. The summed E-state index contributed by atoms with van der Waals surface area (Å²) in [5.41, 5.74) is 0. The monoisotopic (exact) mass is 925 g/mol. The molecule has 1 saturated carbocycles. The third-order valence-corrected chi connectivity index (χ3v) is 11.8. The number of aliphatic hydroxyl groups is 5. The van der Waals surface area contributed by atoms with E-state index in [0.717, 1.165) is 57.8 Å². The Morgan fingerprint density at radius 3 is 1.33 bits per heavy atom. The Kier molecular flexibility index (Phi) is 36.6. The molecule has 0 bridgehead atoms. The molecule has 0 spiro atoms. The predicted octanol–water partition coefficient (Wildman–Crippen LogP) is 9.89. The summed E-state index contributed by atoms with van der Waals surface area (Å²) in [6.07, 6.45) is 36.8. The van der Waals surface area contributed by atoms with Crippen LogP contribution in [0.15, 0.2) is 72.9 Å². The second kappa shape index (κ2) is 39.5. The van der Waals surface area contributed by atoms with E-state index < -0.39 is 75.7 Å². The molecule has 0 radical (unpaired) electrons. The Bertz CT molecular complexity index is 1390. The van der Waals surface area contributed by atoms with Crippen LogP contribution in [-0.2, 0) is 32.7 Å². The van der Waals surface area contributed by atoms with Gasteiger partial charge < -0.3 is 39.9 Å². The van der Waals surface area contributed by atoms with E-state index in [9.17, 15) is 44.6 Å². The van der Waals surface area contributed by atoms with Crippen LogP contribution in [0.2, 0.25) is 0 Å². The zero-order valence-electron chi connectivity index (χ0n) is 39.0. The lowest BCUT2D eigenvalue weighted by Crippen LogP contribution is -2.64. The standard InChI is InChI=1S/C50H85O13P/c1-3-5-7-9-11-13-15-17-19-21-22-23-25-26-28-30-32-34-36-38-43(51)60-40-42(41-61-64(58,59)63-50-48(56)46(54)45(53)47(55)49(50)57)62-44(52)39-37-35-33-31-29-27-24-20-18-16-14-12-10-8-6-4-2/h5,7,11,13,17,19,22-23,26,28,32,34,42,45-50,53-57H,3-4,6,8-10,12,14-16,18,20-21,24-25,27,29-31,33,35-41H2,1-2H3,(H,58,59)/b7-5+,13-11+,19-17+,23-22+,28-26+,34-32+/t42-,45?,46-,47?,48?,49?,50?/m0/s1. The van der Waals surface area contributed by atoms with E-state index in [-0.39, 0.29) is 12.8 Å². The first kappa shape index (κ1) is 59.3. The highest BCUT2D eigenvalue weighted by molar-refractivity contribution is 7.47. The number of allylic oxidation sites excluding steroid dienone is 12. The summed E-state index contributed by atoms with van der Waals surface area (Å²) in [4.78, 5) is 35.7. The first-order valence-electron chi connectivity index (χ1n) is 24.2.